The summed E-state index contributed by atoms with van der Waals surface area (Å²) < 4.78 is 12.6. The summed E-state index contributed by atoms with van der Waals surface area (Å²) in [5, 5.41) is 5.61. The summed E-state index contributed by atoms with van der Waals surface area (Å²) in [6.45, 7) is 19.6. The molecule has 0 saturated carbocycles. The highest BCUT2D eigenvalue weighted by Crippen LogP contribution is 2.22. The first-order valence-corrected chi connectivity index (χ1v) is 24.8. The molecule has 6 nitrogen and oxygen atoms in total. The zero-order valence-corrected chi connectivity index (χ0v) is 38.7. The van der Waals surface area contributed by atoms with Gasteiger partial charge in [0, 0.05) is 26.4 Å². The number of carbonyl (C=O) groups excluding carboxylic acids is 1. The van der Waals surface area contributed by atoms with Crippen molar-refractivity contribution in [3.05, 3.63) is 36.1 Å². The topological polar surface area (TPSA) is 62.8 Å². The molecule has 0 fully saturated rings. The number of urea groups is 1. The monoisotopic (exact) mass is 800 g/mol. The van der Waals surface area contributed by atoms with E-state index < -0.39 is 0 Å². The van der Waals surface area contributed by atoms with E-state index in [4.69, 9.17) is 9.47 Å². The van der Waals surface area contributed by atoms with E-state index in [1.807, 2.05) is 0 Å². The molecule has 0 radical (unpaired) electrons. The smallest absolute Gasteiger partial charge is 0.314 e. The Balaban J connectivity index is 4.46. The molecule has 6 heteroatoms. The number of amides is 2. The lowest BCUT2D eigenvalue weighted by atomic mass is 10.0. The van der Waals surface area contributed by atoms with Gasteiger partial charge in [-0.05, 0) is 83.8 Å². The largest absolute Gasteiger partial charge is 0.490 e. The molecule has 0 aromatic rings. The van der Waals surface area contributed by atoms with E-state index in [1.54, 1.807) is 7.05 Å². The molecule has 2 amide bonds. The highest BCUT2D eigenvalue weighted by Gasteiger charge is 2.13. The maximum Gasteiger partial charge on any atom is 0.314 e. The maximum absolute atomic E-state index is 11.6. The third-order valence-electron chi connectivity index (χ3n) is 11.4. The van der Waals surface area contributed by atoms with Gasteiger partial charge in [0.1, 0.15) is 11.5 Å². The summed E-state index contributed by atoms with van der Waals surface area (Å²) in [5.74, 6) is 1.95. The van der Waals surface area contributed by atoms with Gasteiger partial charge in [0.05, 0.1) is 12.7 Å². The van der Waals surface area contributed by atoms with Gasteiger partial charge in [-0.1, -0.05) is 187 Å². The number of hydrogen-bond donors (Lipinski definition) is 2. The lowest BCUT2D eigenvalue weighted by molar-refractivity contribution is 0.0890. The highest BCUT2D eigenvalue weighted by molar-refractivity contribution is 5.73. The molecule has 0 bridgehead atoms. The summed E-state index contributed by atoms with van der Waals surface area (Å²) >= 11 is 0. The molecular weight excluding hydrogens is 703 g/mol. The summed E-state index contributed by atoms with van der Waals surface area (Å²) in [5.41, 5.74) is 6.22. The minimum Gasteiger partial charge on any atom is -0.490 e. The number of nitrogens with one attached hydrogen (secondary N) is 2. The second-order valence-electron chi connectivity index (χ2n) is 16.8. The molecule has 0 rings (SSSR count). The lowest BCUT2D eigenvalue weighted by Gasteiger charge is -2.22. The van der Waals surface area contributed by atoms with Crippen LogP contribution < -0.4 is 10.6 Å². The van der Waals surface area contributed by atoms with Gasteiger partial charge in [0.2, 0.25) is 0 Å². The fourth-order valence-corrected chi connectivity index (χ4v) is 7.65. The SMILES string of the molecule is C=C=C(CCCCCCCN(CCCCCCCC(=C=C)OC(CCCCCCCC)CCCCCCCC)CCCNC(=O)NC)OCCCCCCCCC. The van der Waals surface area contributed by atoms with Crippen LogP contribution in [0.1, 0.15) is 239 Å². The average Bonchev–Trinajstić information content (AvgIpc) is 3.22. The van der Waals surface area contributed by atoms with Gasteiger partial charge in [-0.25, -0.2) is 4.79 Å². The van der Waals surface area contributed by atoms with E-state index in [0.29, 0.717) is 6.10 Å². The molecule has 0 heterocycles. The van der Waals surface area contributed by atoms with E-state index in [1.165, 1.54) is 180 Å². The molecule has 0 atom stereocenters. The molecule has 0 spiro atoms. The van der Waals surface area contributed by atoms with Crippen LogP contribution in [0.25, 0.3) is 0 Å². The van der Waals surface area contributed by atoms with Gasteiger partial charge in [-0.2, -0.15) is 0 Å². The number of ether oxygens (including phenoxy) is 2. The van der Waals surface area contributed by atoms with E-state index in [-0.39, 0.29) is 6.03 Å². The van der Waals surface area contributed by atoms with Crippen molar-refractivity contribution in [1.82, 2.24) is 15.5 Å². The van der Waals surface area contributed by atoms with Gasteiger partial charge < -0.3 is 25.0 Å². The quantitative estimate of drug-likeness (QED) is 0.0366. The van der Waals surface area contributed by atoms with Crippen LogP contribution in [-0.4, -0.2) is 56.9 Å². The van der Waals surface area contributed by atoms with E-state index in [0.717, 1.165) is 82.8 Å². The third-order valence-corrected chi connectivity index (χ3v) is 11.4. The first-order chi connectivity index (χ1) is 28.0. The van der Waals surface area contributed by atoms with Crippen molar-refractivity contribution >= 4 is 6.03 Å². The lowest BCUT2D eigenvalue weighted by Crippen LogP contribution is -2.35. The normalized spacial score (nSPS) is 11.1. The van der Waals surface area contributed by atoms with Crippen LogP contribution >= 0.6 is 0 Å². The van der Waals surface area contributed by atoms with Crippen LogP contribution in [0, 0.1) is 0 Å². The van der Waals surface area contributed by atoms with Gasteiger partial charge in [0.15, 0.2) is 0 Å². The molecule has 0 unspecified atom stereocenters. The minimum atomic E-state index is -0.0924. The average molecular weight is 800 g/mol. The molecule has 2 N–H and O–H groups in total. The van der Waals surface area contributed by atoms with Gasteiger partial charge in [-0.3, -0.25) is 0 Å². The molecule has 334 valence electrons. The Kier molecular flexibility index (Phi) is 43.3. The Morgan fingerprint density at radius 1 is 0.526 bits per heavy atom. The van der Waals surface area contributed by atoms with Crippen LogP contribution in [0.15, 0.2) is 36.1 Å². The van der Waals surface area contributed by atoms with Gasteiger partial charge in [0.25, 0.3) is 0 Å². The molecule has 0 saturated heterocycles. The number of rotatable bonds is 45. The zero-order chi connectivity index (χ0) is 41.7. The van der Waals surface area contributed by atoms with Crippen LogP contribution in [0.5, 0.6) is 0 Å². The Bertz CT molecular complexity index is 955. The Morgan fingerprint density at radius 3 is 1.40 bits per heavy atom. The second kappa shape index (κ2) is 45.0. The van der Waals surface area contributed by atoms with Crippen LogP contribution in [0.4, 0.5) is 4.79 Å². The Hall–Kier alpha value is -2.13. The van der Waals surface area contributed by atoms with E-state index in [2.05, 4.69) is 60.9 Å². The molecule has 0 aliphatic rings. The van der Waals surface area contributed by atoms with Crippen LogP contribution in [0.3, 0.4) is 0 Å². The number of carbonyl (C=O) groups is 1. The fraction of sp³-hybridized carbons (Fsp3) is 0.863. The molecule has 0 aromatic carbocycles. The fourth-order valence-electron chi connectivity index (χ4n) is 7.65. The third kappa shape index (κ3) is 39.1. The van der Waals surface area contributed by atoms with Crippen molar-refractivity contribution in [2.24, 2.45) is 0 Å². The first kappa shape index (κ1) is 54.9. The zero-order valence-electron chi connectivity index (χ0n) is 38.7. The predicted molar refractivity (Wildman–Crippen MR) is 249 cm³/mol. The summed E-state index contributed by atoms with van der Waals surface area (Å²) in [6.07, 6.45) is 43.0. The van der Waals surface area contributed by atoms with Crippen LogP contribution in [0.2, 0.25) is 0 Å². The van der Waals surface area contributed by atoms with Crippen molar-refractivity contribution in [2.45, 2.75) is 245 Å². The summed E-state index contributed by atoms with van der Waals surface area (Å²) in [4.78, 5) is 14.3. The molecule has 0 aromatic heterocycles. The van der Waals surface area contributed by atoms with Gasteiger partial charge in [-0.15, -0.1) is 0 Å². The molecule has 0 aliphatic heterocycles. The second-order valence-corrected chi connectivity index (χ2v) is 16.8. The summed E-state index contributed by atoms with van der Waals surface area (Å²) in [7, 11) is 1.67. The van der Waals surface area contributed by atoms with Crippen molar-refractivity contribution in [3.63, 3.8) is 0 Å². The van der Waals surface area contributed by atoms with Gasteiger partial charge >= 0.3 is 6.03 Å². The maximum atomic E-state index is 11.6. The molecular formula is C51H97N3O3. The highest BCUT2D eigenvalue weighted by atomic mass is 16.5. The predicted octanol–water partition coefficient (Wildman–Crippen LogP) is 15.3. The number of nitrogens with zero attached hydrogens (tertiary/aromatic N) is 1. The number of unbranched alkanes of at least 4 members (excludes halogenated alkanes) is 24. The molecule has 57 heavy (non-hydrogen) atoms. The van der Waals surface area contributed by atoms with Crippen molar-refractivity contribution in [3.8, 4) is 0 Å². The standard InChI is InChI=1S/C51H97N3O3/c1-7-12-15-18-21-30-37-47-56-48(10-4)39-31-26-22-28-35-44-54(46-38-43-53-51(55)52-6)45-36-29-23-27-32-40-49(11-5)57-50(41-33-24-19-16-13-8-2)42-34-25-20-17-14-9-3/h50H,4-5,7-9,12-47H2,1-3,6H3,(H2,52,53,55). The van der Waals surface area contributed by atoms with Crippen molar-refractivity contribution in [2.75, 3.05) is 39.8 Å². The Morgan fingerprint density at radius 2 is 0.930 bits per heavy atom. The number of hydrogen-bond acceptors (Lipinski definition) is 4. The first-order valence-electron chi connectivity index (χ1n) is 24.8. The Labute approximate surface area is 355 Å². The molecule has 0 aliphatic carbocycles. The summed E-state index contributed by atoms with van der Waals surface area (Å²) in [6, 6.07) is -0.0924. The van der Waals surface area contributed by atoms with Crippen molar-refractivity contribution in [1.29, 1.82) is 0 Å². The minimum absolute atomic E-state index is 0.0924. The van der Waals surface area contributed by atoms with E-state index >= 15 is 0 Å². The van der Waals surface area contributed by atoms with E-state index in [9.17, 15) is 4.79 Å². The number of allylic oxidation sites excluding steroid dienone is 2. The van der Waals surface area contributed by atoms with Crippen molar-refractivity contribution < 1.29 is 14.3 Å². The van der Waals surface area contributed by atoms with Crippen LogP contribution in [-0.2, 0) is 9.47 Å².